The van der Waals surface area contributed by atoms with Gasteiger partial charge in [0.05, 0.1) is 0 Å². The first-order chi connectivity index (χ1) is 8.99. The zero-order valence-corrected chi connectivity index (χ0v) is 12.8. The van der Waals surface area contributed by atoms with Crippen LogP contribution in [0, 0.1) is 5.92 Å². The maximum Gasteiger partial charge on any atom is 0.205 e. The van der Waals surface area contributed by atoms with E-state index in [9.17, 15) is 0 Å². The van der Waals surface area contributed by atoms with Gasteiger partial charge in [0, 0.05) is 37.6 Å². The highest BCUT2D eigenvalue weighted by Crippen LogP contribution is 2.22. The highest BCUT2D eigenvalue weighted by atomic mass is 15.3. The van der Waals surface area contributed by atoms with Crippen molar-refractivity contribution in [2.45, 2.75) is 52.6 Å². The molecule has 0 aromatic carbocycles. The largest absolute Gasteiger partial charge is 0.342 e. The molecule has 0 unspecified atom stereocenters. The van der Waals surface area contributed by atoms with Crippen LogP contribution in [0.2, 0.25) is 0 Å². The first kappa shape index (κ1) is 14.4. The average Bonchev–Trinajstić information content (AvgIpc) is 2.84. The van der Waals surface area contributed by atoms with Crippen LogP contribution in [0.1, 0.15) is 40.5 Å². The Morgan fingerprint density at radius 1 is 1.32 bits per heavy atom. The average molecular weight is 264 g/mol. The molecule has 108 valence electrons. The van der Waals surface area contributed by atoms with Crippen LogP contribution >= 0.6 is 0 Å². The summed E-state index contributed by atoms with van der Waals surface area (Å²) in [6.07, 6.45) is 6.51. The summed E-state index contributed by atoms with van der Waals surface area (Å²) in [5, 5.41) is 3.62. The Hall–Kier alpha value is -1.03. The SMILES string of the molecule is CCn1ccnc1N1CCC(CNC(C)(C)C)CC1. The number of aromatic nitrogens is 2. The summed E-state index contributed by atoms with van der Waals surface area (Å²) in [5.41, 5.74) is 0.232. The summed E-state index contributed by atoms with van der Waals surface area (Å²) in [4.78, 5) is 6.92. The molecule has 0 amide bonds. The lowest BCUT2D eigenvalue weighted by Crippen LogP contribution is -2.43. The third kappa shape index (κ3) is 3.96. The van der Waals surface area contributed by atoms with Crippen LogP contribution in [0.3, 0.4) is 0 Å². The summed E-state index contributed by atoms with van der Waals surface area (Å²) < 4.78 is 2.23. The van der Waals surface area contributed by atoms with Crippen molar-refractivity contribution in [2.24, 2.45) is 5.92 Å². The second-order valence-corrected chi connectivity index (χ2v) is 6.57. The summed E-state index contributed by atoms with van der Waals surface area (Å²) in [5.74, 6) is 1.95. The van der Waals surface area contributed by atoms with Gasteiger partial charge in [-0.1, -0.05) is 0 Å². The Morgan fingerprint density at radius 2 is 2.00 bits per heavy atom. The fraction of sp³-hybridized carbons (Fsp3) is 0.800. The number of nitrogens with zero attached hydrogens (tertiary/aromatic N) is 3. The van der Waals surface area contributed by atoms with E-state index in [1.54, 1.807) is 0 Å². The first-order valence-electron chi connectivity index (χ1n) is 7.50. The Kier molecular flexibility index (Phi) is 4.50. The topological polar surface area (TPSA) is 33.1 Å². The number of aryl methyl sites for hydroxylation is 1. The predicted octanol–water partition coefficient (Wildman–Crippen LogP) is 2.51. The van der Waals surface area contributed by atoms with Crippen molar-refractivity contribution in [3.63, 3.8) is 0 Å². The summed E-state index contributed by atoms with van der Waals surface area (Å²) in [6, 6.07) is 0. The van der Waals surface area contributed by atoms with E-state index in [2.05, 4.69) is 53.7 Å². The highest BCUT2D eigenvalue weighted by Gasteiger charge is 2.22. The molecule has 0 spiro atoms. The number of rotatable bonds is 4. The molecule has 2 heterocycles. The van der Waals surface area contributed by atoms with E-state index in [1.165, 1.54) is 12.8 Å². The molecule has 4 nitrogen and oxygen atoms in total. The maximum absolute atomic E-state index is 4.49. The molecule has 1 fully saturated rings. The molecule has 2 rings (SSSR count). The van der Waals surface area contributed by atoms with Crippen LogP contribution in [0.4, 0.5) is 5.95 Å². The highest BCUT2D eigenvalue weighted by molar-refractivity contribution is 5.31. The van der Waals surface area contributed by atoms with E-state index in [-0.39, 0.29) is 5.54 Å². The smallest absolute Gasteiger partial charge is 0.205 e. The van der Waals surface area contributed by atoms with Crippen LogP contribution in [-0.4, -0.2) is 34.7 Å². The predicted molar refractivity (Wildman–Crippen MR) is 80.6 cm³/mol. The Balaban J connectivity index is 1.82. The zero-order chi connectivity index (χ0) is 13.9. The van der Waals surface area contributed by atoms with Crippen molar-refractivity contribution in [3.05, 3.63) is 12.4 Å². The quantitative estimate of drug-likeness (QED) is 0.907. The van der Waals surface area contributed by atoms with Crippen molar-refractivity contribution in [2.75, 3.05) is 24.5 Å². The fourth-order valence-electron chi connectivity index (χ4n) is 2.62. The molecule has 1 N–H and O–H groups in total. The van der Waals surface area contributed by atoms with Crippen LogP contribution < -0.4 is 10.2 Å². The fourth-order valence-corrected chi connectivity index (χ4v) is 2.62. The molecule has 1 aromatic rings. The van der Waals surface area contributed by atoms with Gasteiger partial charge in [0.1, 0.15) is 0 Å². The second kappa shape index (κ2) is 5.95. The van der Waals surface area contributed by atoms with Gasteiger partial charge >= 0.3 is 0 Å². The molecule has 0 radical (unpaired) electrons. The van der Waals surface area contributed by atoms with Crippen molar-refractivity contribution < 1.29 is 0 Å². The van der Waals surface area contributed by atoms with Crippen molar-refractivity contribution in [1.29, 1.82) is 0 Å². The lowest BCUT2D eigenvalue weighted by molar-refractivity contribution is 0.327. The van der Waals surface area contributed by atoms with Gasteiger partial charge in [-0.25, -0.2) is 4.98 Å². The molecule has 0 aliphatic carbocycles. The number of nitrogens with one attached hydrogen (secondary N) is 1. The minimum Gasteiger partial charge on any atom is -0.342 e. The van der Waals surface area contributed by atoms with Crippen molar-refractivity contribution in [1.82, 2.24) is 14.9 Å². The molecular formula is C15H28N4. The molecule has 0 saturated carbocycles. The van der Waals surface area contributed by atoms with E-state index >= 15 is 0 Å². The molecule has 1 aromatic heterocycles. The molecule has 1 aliphatic heterocycles. The van der Waals surface area contributed by atoms with Gasteiger partial charge in [-0.3, -0.25) is 0 Å². The van der Waals surface area contributed by atoms with Gasteiger partial charge in [-0.15, -0.1) is 0 Å². The molecule has 0 atom stereocenters. The molecule has 4 heteroatoms. The lowest BCUT2D eigenvalue weighted by Gasteiger charge is -2.34. The standard InChI is InChI=1S/C15H28N4/c1-5-18-11-8-16-14(18)19-9-6-13(7-10-19)12-17-15(2,3)4/h8,11,13,17H,5-7,9-10,12H2,1-4H3. The van der Waals surface area contributed by atoms with Crippen LogP contribution in [0.15, 0.2) is 12.4 Å². The Labute approximate surface area is 117 Å². The van der Waals surface area contributed by atoms with E-state index < -0.39 is 0 Å². The third-order valence-corrected chi connectivity index (χ3v) is 3.85. The van der Waals surface area contributed by atoms with Crippen LogP contribution in [-0.2, 0) is 6.54 Å². The Morgan fingerprint density at radius 3 is 2.58 bits per heavy atom. The van der Waals surface area contributed by atoms with Gasteiger partial charge in [-0.05, 0) is 53.0 Å². The number of imidazole rings is 1. The number of anilines is 1. The zero-order valence-electron chi connectivity index (χ0n) is 12.8. The number of hydrogen-bond acceptors (Lipinski definition) is 3. The summed E-state index contributed by atoms with van der Waals surface area (Å²) in [6.45, 7) is 13.3. The van der Waals surface area contributed by atoms with Gasteiger partial charge < -0.3 is 14.8 Å². The summed E-state index contributed by atoms with van der Waals surface area (Å²) >= 11 is 0. The van der Waals surface area contributed by atoms with E-state index in [4.69, 9.17) is 0 Å². The molecule has 1 aliphatic rings. The molecule has 19 heavy (non-hydrogen) atoms. The van der Waals surface area contributed by atoms with Crippen molar-refractivity contribution in [3.8, 4) is 0 Å². The minimum atomic E-state index is 0.232. The first-order valence-corrected chi connectivity index (χ1v) is 7.50. The van der Waals surface area contributed by atoms with E-state index in [0.717, 1.165) is 38.0 Å². The van der Waals surface area contributed by atoms with Crippen molar-refractivity contribution >= 4 is 5.95 Å². The molecule has 0 bridgehead atoms. The Bertz CT molecular complexity index is 383. The molecule has 1 saturated heterocycles. The second-order valence-electron chi connectivity index (χ2n) is 6.57. The normalized spacial score (nSPS) is 18.0. The maximum atomic E-state index is 4.49. The lowest BCUT2D eigenvalue weighted by atomic mass is 9.95. The third-order valence-electron chi connectivity index (χ3n) is 3.85. The van der Waals surface area contributed by atoms with Gasteiger partial charge in [0.2, 0.25) is 5.95 Å². The van der Waals surface area contributed by atoms with Gasteiger partial charge in [-0.2, -0.15) is 0 Å². The van der Waals surface area contributed by atoms with Gasteiger partial charge in [0.15, 0.2) is 0 Å². The van der Waals surface area contributed by atoms with Gasteiger partial charge in [0.25, 0.3) is 0 Å². The molecular weight excluding hydrogens is 236 g/mol. The monoisotopic (exact) mass is 264 g/mol. The minimum absolute atomic E-state index is 0.232. The summed E-state index contributed by atoms with van der Waals surface area (Å²) in [7, 11) is 0. The van der Waals surface area contributed by atoms with E-state index in [0.29, 0.717) is 0 Å². The number of hydrogen-bond donors (Lipinski definition) is 1. The number of piperidine rings is 1. The van der Waals surface area contributed by atoms with Crippen LogP contribution in [0.25, 0.3) is 0 Å². The van der Waals surface area contributed by atoms with Crippen LogP contribution in [0.5, 0.6) is 0 Å². The van der Waals surface area contributed by atoms with E-state index in [1.807, 2.05) is 6.20 Å².